The van der Waals surface area contributed by atoms with Crippen molar-refractivity contribution in [2.45, 2.75) is 32.9 Å². The summed E-state index contributed by atoms with van der Waals surface area (Å²) in [6.45, 7) is 6.41. The van der Waals surface area contributed by atoms with Gasteiger partial charge in [-0.25, -0.2) is 4.79 Å². The molecule has 0 aromatic heterocycles. The van der Waals surface area contributed by atoms with E-state index < -0.39 is 11.6 Å². The Bertz CT molecular complexity index is 1130. The summed E-state index contributed by atoms with van der Waals surface area (Å²) >= 11 is 0. The monoisotopic (exact) mass is 400 g/mol. The van der Waals surface area contributed by atoms with Crippen LogP contribution >= 0.6 is 0 Å². The van der Waals surface area contributed by atoms with Crippen molar-refractivity contribution in [1.29, 1.82) is 0 Å². The fourth-order valence-electron chi connectivity index (χ4n) is 3.66. The maximum Gasteiger partial charge on any atom is 0.339 e. The molecule has 0 fully saturated rings. The van der Waals surface area contributed by atoms with Gasteiger partial charge in [-0.3, -0.25) is 4.79 Å². The summed E-state index contributed by atoms with van der Waals surface area (Å²) < 4.78 is 5.39. The second-order valence-corrected chi connectivity index (χ2v) is 7.94. The van der Waals surface area contributed by atoms with Crippen LogP contribution in [0.25, 0.3) is 0 Å². The first-order chi connectivity index (χ1) is 14.3. The van der Waals surface area contributed by atoms with Gasteiger partial charge in [0.25, 0.3) is 5.91 Å². The Hall–Kier alpha value is -3.60. The van der Waals surface area contributed by atoms with Gasteiger partial charge in [0, 0.05) is 17.7 Å². The van der Waals surface area contributed by atoms with E-state index in [1.807, 2.05) is 50.2 Å². The molecule has 3 aromatic carbocycles. The summed E-state index contributed by atoms with van der Waals surface area (Å²) in [6, 6.07) is 20.9. The predicted molar refractivity (Wildman–Crippen MR) is 118 cm³/mol. The van der Waals surface area contributed by atoms with Crippen molar-refractivity contribution in [3.63, 3.8) is 0 Å². The maximum absolute atomic E-state index is 12.9. The summed E-state index contributed by atoms with van der Waals surface area (Å²) in [6.07, 6.45) is 0. The largest absolute Gasteiger partial charge is 0.451 e. The average molecular weight is 400 g/mol. The highest BCUT2D eigenvalue weighted by atomic mass is 16.6. The van der Waals surface area contributed by atoms with Crippen LogP contribution in [0.1, 0.15) is 51.3 Å². The fourth-order valence-corrected chi connectivity index (χ4v) is 3.66. The molecule has 0 atom stereocenters. The third-order valence-electron chi connectivity index (χ3n) is 5.40. The number of ether oxygens (including phenoxy) is 1. The number of hydrogen-bond donors (Lipinski definition) is 2. The van der Waals surface area contributed by atoms with Crippen LogP contribution in [-0.2, 0) is 16.9 Å². The molecule has 152 valence electrons. The topological polar surface area (TPSA) is 67.4 Å². The van der Waals surface area contributed by atoms with Crippen molar-refractivity contribution in [3.8, 4) is 0 Å². The number of esters is 1. The van der Waals surface area contributed by atoms with Gasteiger partial charge in [-0.15, -0.1) is 0 Å². The lowest BCUT2D eigenvalue weighted by molar-refractivity contribution is 0.00953. The summed E-state index contributed by atoms with van der Waals surface area (Å²) in [5.41, 5.74) is 4.89. The number of hydrogen-bond acceptors (Lipinski definition) is 4. The Morgan fingerprint density at radius 3 is 2.43 bits per heavy atom. The summed E-state index contributed by atoms with van der Waals surface area (Å²) in [5, 5.41) is 6.35. The van der Waals surface area contributed by atoms with E-state index in [2.05, 4.69) is 29.7 Å². The number of fused-ring (bicyclic) bond motifs is 1. The van der Waals surface area contributed by atoms with Crippen LogP contribution in [0.4, 0.5) is 11.4 Å². The van der Waals surface area contributed by atoms with Crippen molar-refractivity contribution in [2.75, 3.05) is 10.6 Å². The molecule has 5 heteroatoms. The Labute approximate surface area is 176 Å². The SMILES string of the molecule is Cc1ccccc1CNc1ccccc1NC(=O)c1ccc2c(c1)C(=O)OC2(C)C. The Morgan fingerprint density at radius 2 is 1.67 bits per heavy atom. The fraction of sp³-hybridized carbons (Fsp3) is 0.200. The number of amides is 1. The predicted octanol–water partition coefficient (Wildman–Crippen LogP) is 5.26. The highest BCUT2D eigenvalue weighted by Crippen LogP contribution is 2.36. The standard InChI is InChI=1S/C25H24N2O3/c1-16-8-4-5-9-18(16)15-26-21-10-6-7-11-22(21)27-23(28)17-12-13-20-19(14-17)24(29)30-25(20,2)3/h4-14,26H,15H2,1-3H3,(H,27,28). The summed E-state index contributed by atoms with van der Waals surface area (Å²) in [5.74, 6) is -0.676. The number of carbonyl (C=O) groups is 2. The van der Waals surface area contributed by atoms with E-state index in [4.69, 9.17) is 4.74 Å². The number of benzene rings is 3. The molecule has 2 N–H and O–H groups in total. The van der Waals surface area contributed by atoms with Crippen LogP contribution in [-0.4, -0.2) is 11.9 Å². The third kappa shape index (κ3) is 3.79. The van der Waals surface area contributed by atoms with Crippen molar-refractivity contribution in [3.05, 3.63) is 94.5 Å². The van der Waals surface area contributed by atoms with Gasteiger partial charge in [-0.2, -0.15) is 0 Å². The number of cyclic esters (lactones) is 1. The first-order valence-electron chi connectivity index (χ1n) is 9.92. The maximum atomic E-state index is 12.9. The van der Waals surface area contributed by atoms with Gasteiger partial charge in [0.2, 0.25) is 0 Å². The van der Waals surface area contributed by atoms with Crippen molar-refractivity contribution in [1.82, 2.24) is 0 Å². The number of para-hydroxylation sites is 2. The van der Waals surface area contributed by atoms with Gasteiger partial charge >= 0.3 is 5.97 Å². The zero-order chi connectivity index (χ0) is 21.3. The molecule has 0 aliphatic carbocycles. The van der Waals surface area contributed by atoms with Gasteiger partial charge in [-0.1, -0.05) is 42.5 Å². The molecule has 5 nitrogen and oxygen atoms in total. The number of aryl methyl sites for hydroxylation is 1. The van der Waals surface area contributed by atoms with E-state index in [0.29, 0.717) is 23.4 Å². The average Bonchev–Trinajstić information content (AvgIpc) is 2.96. The van der Waals surface area contributed by atoms with Crippen molar-refractivity contribution < 1.29 is 14.3 Å². The molecule has 1 heterocycles. The summed E-state index contributed by atoms with van der Waals surface area (Å²) in [4.78, 5) is 25.0. The molecule has 0 radical (unpaired) electrons. The smallest absolute Gasteiger partial charge is 0.339 e. The molecule has 30 heavy (non-hydrogen) atoms. The minimum absolute atomic E-state index is 0.277. The molecule has 1 aliphatic heterocycles. The van der Waals surface area contributed by atoms with E-state index in [9.17, 15) is 9.59 Å². The van der Waals surface area contributed by atoms with Crippen LogP contribution < -0.4 is 10.6 Å². The number of anilines is 2. The molecular weight excluding hydrogens is 376 g/mol. The minimum atomic E-state index is -0.673. The molecule has 0 bridgehead atoms. The van der Waals surface area contributed by atoms with E-state index in [0.717, 1.165) is 11.3 Å². The third-order valence-corrected chi connectivity index (χ3v) is 5.40. The van der Waals surface area contributed by atoms with Gasteiger partial charge in [-0.05, 0) is 56.2 Å². The van der Waals surface area contributed by atoms with Gasteiger partial charge < -0.3 is 15.4 Å². The second kappa shape index (κ2) is 7.67. The van der Waals surface area contributed by atoms with Crippen molar-refractivity contribution >= 4 is 23.3 Å². The zero-order valence-electron chi connectivity index (χ0n) is 17.3. The zero-order valence-corrected chi connectivity index (χ0v) is 17.3. The Morgan fingerprint density at radius 1 is 0.967 bits per heavy atom. The van der Waals surface area contributed by atoms with Gasteiger partial charge in [0.1, 0.15) is 5.60 Å². The molecule has 3 aromatic rings. The Balaban J connectivity index is 1.53. The summed E-state index contributed by atoms with van der Waals surface area (Å²) in [7, 11) is 0. The molecule has 0 saturated carbocycles. The molecule has 4 rings (SSSR count). The lowest BCUT2D eigenvalue weighted by atomic mass is 9.94. The second-order valence-electron chi connectivity index (χ2n) is 7.94. The highest BCUT2D eigenvalue weighted by molar-refractivity contribution is 6.07. The van der Waals surface area contributed by atoms with E-state index in [-0.39, 0.29) is 5.91 Å². The Kier molecular flexibility index (Phi) is 5.04. The van der Waals surface area contributed by atoms with Gasteiger partial charge in [0.05, 0.1) is 16.9 Å². The van der Waals surface area contributed by atoms with E-state index >= 15 is 0 Å². The molecule has 0 spiro atoms. The first kappa shape index (κ1) is 19.7. The van der Waals surface area contributed by atoms with Crippen molar-refractivity contribution in [2.24, 2.45) is 0 Å². The van der Waals surface area contributed by atoms with Crippen LogP contribution in [0.15, 0.2) is 66.7 Å². The molecule has 1 amide bonds. The molecule has 1 aliphatic rings. The minimum Gasteiger partial charge on any atom is -0.451 e. The van der Waals surface area contributed by atoms with Crippen LogP contribution in [0.5, 0.6) is 0 Å². The van der Waals surface area contributed by atoms with Crippen LogP contribution in [0.3, 0.4) is 0 Å². The molecule has 0 saturated heterocycles. The quantitative estimate of drug-likeness (QED) is 0.573. The number of carbonyl (C=O) groups excluding carboxylic acids is 2. The first-order valence-corrected chi connectivity index (χ1v) is 9.92. The normalized spacial score (nSPS) is 14.0. The van der Waals surface area contributed by atoms with E-state index in [1.54, 1.807) is 18.2 Å². The van der Waals surface area contributed by atoms with Crippen LogP contribution in [0.2, 0.25) is 0 Å². The number of nitrogens with one attached hydrogen (secondary N) is 2. The van der Waals surface area contributed by atoms with Crippen LogP contribution in [0, 0.1) is 6.92 Å². The molecular formula is C25H24N2O3. The lowest BCUT2D eigenvalue weighted by Crippen LogP contribution is -2.16. The lowest BCUT2D eigenvalue weighted by Gasteiger charge is -2.17. The van der Waals surface area contributed by atoms with Gasteiger partial charge in [0.15, 0.2) is 0 Å². The van der Waals surface area contributed by atoms with E-state index in [1.165, 1.54) is 11.1 Å². The number of rotatable bonds is 5. The highest BCUT2D eigenvalue weighted by Gasteiger charge is 2.37. The molecule has 0 unspecified atom stereocenters.